The van der Waals surface area contributed by atoms with E-state index in [-0.39, 0.29) is 35.1 Å². The summed E-state index contributed by atoms with van der Waals surface area (Å²) in [4.78, 5) is 27.6. The van der Waals surface area contributed by atoms with E-state index < -0.39 is 0 Å². The Morgan fingerprint density at radius 3 is 2.25 bits per heavy atom. The number of aromatic nitrogens is 2. The Balaban J connectivity index is 2.31. The van der Waals surface area contributed by atoms with Crippen molar-refractivity contribution in [1.29, 1.82) is 0 Å². The van der Waals surface area contributed by atoms with Crippen molar-refractivity contribution in [3.8, 4) is 5.69 Å². The van der Waals surface area contributed by atoms with Gasteiger partial charge in [0.2, 0.25) is 11.8 Å². The number of nitrogens with one attached hydrogen (secondary N) is 1. The molecule has 0 aliphatic heterocycles. The fourth-order valence-electron chi connectivity index (χ4n) is 3.44. The van der Waals surface area contributed by atoms with Gasteiger partial charge in [-0.25, -0.2) is 4.68 Å². The van der Waals surface area contributed by atoms with Crippen molar-refractivity contribution < 1.29 is 9.59 Å². The molecular formula is C26H40N4O2. The van der Waals surface area contributed by atoms with Crippen LogP contribution in [0.5, 0.6) is 0 Å². The van der Waals surface area contributed by atoms with Crippen LogP contribution < -0.4 is 5.32 Å². The number of aryl methyl sites for hydroxylation is 1. The van der Waals surface area contributed by atoms with Crippen molar-refractivity contribution in [2.24, 2.45) is 11.3 Å². The topological polar surface area (TPSA) is 67.2 Å². The summed E-state index contributed by atoms with van der Waals surface area (Å²) >= 11 is 0. The summed E-state index contributed by atoms with van der Waals surface area (Å²) in [5, 5.41) is 7.82. The fourth-order valence-corrected chi connectivity index (χ4v) is 3.44. The van der Waals surface area contributed by atoms with Gasteiger partial charge in [0.25, 0.3) is 0 Å². The second-order valence-electron chi connectivity index (χ2n) is 11.3. The van der Waals surface area contributed by atoms with E-state index in [1.807, 2.05) is 58.0 Å². The van der Waals surface area contributed by atoms with Crippen LogP contribution in [0, 0.1) is 18.3 Å². The summed E-state index contributed by atoms with van der Waals surface area (Å²) in [5.41, 5.74) is 2.57. The van der Waals surface area contributed by atoms with Crippen LogP contribution in [0.3, 0.4) is 0 Å². The molecule has 32 heavy (non-hydrogen) atoms. The molecule has 0 fully saturated rings. The van der Waals surface area contributed by atoms with Gasteiger partial charge in [-0.2, -0.15) is 5.10 Å². The Morgan fingerprint density at radius 2 is 1.72 bits per heavy atom. The number of anilines is 1. The van der Waals surface area contributed by atoms with Gasteiger partial charge in [0.15, 0.2) is 0 Å². The molecule has 0 spiro atoms. The van der Waals surface area contributed by atoms with E-state index in [0.29, 0.717) is 18.8 Å². The van der Waals surface area contributed by atoms with Crippen LogP contribution in [0.25, 0.3) is 5.69 Å². The number of carbonyl (C=O) groups is 2. The number of hydrogen-bond acceptors (Lipinski definition) is 3. The number of rotatable bonds is 7. The van der Waals surface area contributed by atoms with Crippen molar-refractivity contribution in [3.05, 3.63) is 41.6 Å². The lowest BCUT2D eigenvalue weighted by Gasteiger charge is -2.27. The van der Waals surface area contributed by atoms with E-state index in [1.165, 1.54) is 0 Å². The van der Waals surface area contributed by atoms with Crippen LogP contribution >= 0.6 is 0 Å². The SMILES string of the molecule is Cc1ccccc1-n1nc(C(C)(C)C)cc1NC(=O)CN(CC(C)C)C(=O)CC(C)(C)C. The molecule has 1 N–H and O–H groups in total. The highest BCUT2D eigenvalue weighted by Gasteiger charge is 2.25. The van der Waals surface area contributed by atoms with Crippen molar-refractivity contribution in [1.82, 2.24) is 14.7 Å². The summed E-state index contributed by atoms with van der Waals surface area (Å²) < 4.78 is 1.79. The highest BCUT2D eigenvalue weighted by Crippen LogP contribution is 2.27. The number of benzene rings is 1. The van der Waals surface area contributed by atoms with Crippen LogP contribution in [0.2, 0.25) is 0 Å². The Bertz CT molecular complexity index is 945. The maximum atomic E-state index is 13.1. The zero-order valence-corrected chi connectivity index (χ0v) is 21.2. The van der Waals surface area contributed by atoms with Crippen LogP contribution in [-0.2, 0) is 15.0 Å². The number of para-hydroxylation sites is 1. The maximum Gasteiger partial charge on any atom is 0.245 e. The van der Waals surface area contributed by atoms with Gasteiger partial charge in [-0.3, -0.25) is 9.59 Å². The first-order chi connectivity index (χ1) is 14.7. The highest BCUT2D eigenvalue weighted by atomic mass is 16.2. The summed E-state index contributed by atoms with van der Waals surface area (Å²) in [6, 6.07) is 9.88. The van der Waals surface area contributed by atoms with E-state index >= 15 is 0 Å². The number of amides is 2. The minimum atomic E-state index is -0.219. The van der Waals surface area contributed by atoms with E-state index in [9.17, 15) is 9.59 Å². The van der Waals surface area contributed by atoms with Gasteiger partial charge in [-0.15, -0.1) is 0 Å². The molecule has 6 heteroatoms. The van der Waals surface area contributed by atoms with Crippen LogP contribution in [0.4, 0.5) is 5.82 Å². The quantitative estimate of drug-likeness (QED) is 0.632. The molecular weight excluding hydrogens is 400 g/mol. The van der Waals surface area contributed by atoms with Crippen molar-refractivity contribution in [2.75, 3.05) is 18.4 Å². The van der Waals surface area contributed by atoms with Gasteiger partial charge in [0.05, 0.1) is 17.9 Å². The molecule has 176 valence electrons. The summed E-state index contributed by atoms with van der Waals surface area (Å²) in [7, 11) is 0. The minimum Gasteiger partial charge on any atom is -0.333 e. The molecule has 1 aromatic carbocycles. The predicted molar refractivity (Wildman–Crippen MR) is 131 cm³/mol. The van der Waals surface area contributed by atoms with Gasteiger partial charge in [-0.1, -0.05) is 73.6 Å². The van der Waals surface area contributed by atoms with E-state index in [0.717, 1.165) is 16.9 Å². The first kappa shape index (κ1) is 25.6. The molecule has 0 atom stereocenters. The predicted octanol–water partition coefficient (Wildman–Crippen LogP) is 5.34. The lowest BCUT2D eigenvalue weighted by molar-refractivity contribution is -0.136. The van der Waals surface area contributed by atoms with E-state index in [1.54, 1.807) is 9.58 Å². The summed E-state index contributed by atoms with van der Waals surface area (Å²) in [6.45, 7) is 19.1. The molecule has 0 saturated heterocycles. The lowest BCUT2D eigenvalue weighted by Crippen LogP contribution is -2.41. The first-order valence-corrected chi connectivity index (χ1v) is 11.4. The Morgan fingerprint density at radius 1 is 1.09 bits per heavy atom. The van der Waals surface area contributed by atoms with Crippen molar-refractivity contribution in [2.45, 2.75) is 74.1 Å². The third-order valence-corrected chi connectivity index (χ3v) is 5.04. The van der Waals surface area contributed by atoms with Crippen LogP contribution in [-0.4, -0.2) is 39.6 Å². The average Bonchev–Trinajstić information content (AvgIpc) is 3.03. The van der Waals surface area contributed by atoms with Gasteiger partial charge < -0.3 is 10.2 Å². The largest absolute Gasteiger partial charge is 0.333 e. The molecule has 0 unspecified atom stereocenters. The van der Waals surface area contributed by atoms with Crippen molar-refractivity contribution in [3.63, 3.8) is 0 Å². The third-order valence-electron chi connectivity index (χ3n) is 5.04. The molecule has 1 heterocycles. The Hall–Kier alpha value is -2.63. The molecule has 0 radical (unpaired) electrons. The van der Waals surface area contributed by atoms with Gasteiger partial charge in [-0.05, 0) is 29.9 Å². The van der Waals surface area contributed by atoms with Crippen LogP contribution in [0.1, 0.15) is 73.1 Å². The second kappa shape index (κ2) is 9.88. The number of carbonyl (C=O) groups excluding carboxylic acids is 2. The molecule has 2 aromatic rings. The lowest BCUT2D eigenvalue weighted by atomic mass is 9.91. The minimum absolute atomic E-state index is 0.00384. The molecule has 0 saturated carbocycles. The standard InChI is InChI=1S/C26H40N4O2/c1-18(2)16-29(24(32)15-25(4,5)6)17-23(31)27-22-14-21(26(7,8)9)28-30(22)20-13-11-10-12-19(20)3/h10-14,18H,15-17H2,1-9H3,(H,27,31). The molecule has 1 aromatic heterocycles. The van der Waals surface area contributed by atoms with Gasteiger partial charge in [0, 0.05) is 24.4 Å². The molecule has 6 nitrogen and oxygen atoms in total. The second-order valence-corrected chi connectivity index (χ2v) is 11.3. The van der Waals surface area contributed by atoms with Crippen LogP contribution in [0.15, 0.2) is 30.3 Å². The van der Waals surface area contributed by atoms with Crippen molar-refractivity contribution >= 4 is 17.6 Å². The van der Waals surface area contributed by atoms with Gasteiger partial charge in [0.1, 0.15) is 5.82 Å². The molecule has 0 aliphatic rings. The highest BCUT2D eigenvalue weighted by molar-refractivity contribution is 5.94. The smallest absolute Gasteiger partial charge is 0.245 e. The maximum absolute atomic E-state index is 13.1. The molecule has 2 amide bonds. The number of hydrogen-bond donors (Lipinski definition) is 1. The van der Waals surface area contributed by atoms with E-state index in [2.05, 4.69) is 39.9 Å². The fraction of sp³-hybridized carbons (Fsp3) is 0.577. The normalized spacial score (nSPS) is 12.2. The summed E-state index contributed by atoms with van der Waals surface area (Å²) in [5.74, 6) is 0.672. The zero-order chi connectivity index (χ0) is 24.3. The van der Waals surface area contributed by atoms with Gasteiger partial charge >= 0.3 is 0 Å². The summed E-state index contributed by atoms with van der Waals surface area (Å²) in [6.07, 6.45) is 0.405. The Kier molecular flexibility index (Phi) is 7.92. The first-order valence-electron chi connectivity index (χ1n) is 11.4. The molecule has 0 bridgehead atoms. The Labute approximate surface area is 193 Å². The monoisotopic (exact) mass is 440 g/mol. The third kappa shape index (κ3) is 7.21. The molecule has 2 rings (SSSR count). The molecule has 0 aliphatic carbocycles. The average molecular weight is 441 g/mol. The van der Waals surface area contributed by atoms with E-state index in [4.69, 9.17) is 5.10 Å². The number of nitrogens with zero attached hydrogens (tertiary/aromatic N) is 3. The zero-order valence-electron chi connectivity index (χ0n) is 21.2.